The zero-order valence-electron chi connectivity index (χ0n) is 13.4. The highest BCUT2D eigenvalue weighted by molar-refractivity contribution is 5.92. The van der Waals surface area contributed by atoms with E-state index in [0.717, 1.165) is 30.0 Å². The van der Waals surface area contributed by atoms with Gasteiger partial charge >= 0.3 is 0 Å². The Morgan fingerprint density at radius 2 is 2.00 bits per heavy atom. The molecule has 3 nitrogen and oxygen atoms in total. The first kappa shape index (κ1) is 16.0. The lowest BCUT2D eigenvalue weighted by atomic mass is 9.79. The fourth-order valence-corrected chi connectivity index (χ4v) is 3.26. The molecule has 0 bridgehead atoms. The molecule has 1 heterocycles. The van der Waals surface area contributed by atoms with Crippen LogP contribution >= 0.6 is 0 Å². The van der Waals surface area contributed by atoms with Crippen LogP contribution in [0.15, 0.2) is 18.5 Å². The summed E-state index contributed by atoms with van der Waals surface area (Å²) in [7, 11) is 0. The summed E-state index contributed by atoms with van der Waals surface area (Å²) in [5.74, 6) is 1.21. The molecule has 0 radical (unpaired) electrons. The molecule has 1 amide bonds. The van der Waals surface area contributed by atoms with Crippen LogP contribution in [0.4, 0.5) is 5.69 Å². The number of aromatic nitrogens is 1. The number of nitrogens with zero attached hydrogens (tertiary/aromatic N) is 1. The van der Waals surface area contributed by atoms with Gasteiger partial charge < -0.3 is 5.32 Å². The number of anilines is 1. The lowest BCUT2D eigenvalue weighted by Gasteiger charge is -2.27. The first-order valence-corrected chi connectivity index (χ1v) is 8.41. The fourth-order valence-electron chi connectivity index (χ4n) is 3.26. The van der Waals surface area contributed by atoms with Crippen molar-refractivity contribution in [2.75, 3.05) is 5.32 Å². The van der Waals surface area contributed by atoms with Gasteiger partial charge in [0.15, 0.2) is 0 Å². The third-order valence-corrected chi connectivity index (χ3v) is 4.58. The van der Waals surface area contributed by atoms with Crippen LogP contribution in [-0.4, -0.2) is 10.9 Å². The fraction of sp³-hybridized carbons (Fsp3) is 0.667. The monoisotopic (exact) mass is 288 g/mol. The maximum absolute atomic E-state index is 12.3. The number of carbonyl (C=O) groups is 1. The molecular weight excluding hydrogens is 260 g/mol. The van der Waals surface area contributed by atoms with Crippen LogP contribution in [0.5, 0.6) is 0 Å². The molecule has 1 aliphatic carbocycles. The highest BCUT2D eigenvalue weighted by Gasteiger charge is 2.26. The Kier molecular flexibility index (Phi) is 6.21. The first-order chi connectivity index (χ1) is 10.2. The van der Waals surface area contributed by atoms with Crippen molar-refractivity contribution < 1.29 is 4.79 Å². The summed E-state index contributed by atoms with van der Waals surface area (Å²) in [5.41, 5.74) is 1.90. The maximum atomic E-state index is 12.3. The van der Waals surface area contributed by atoms with Crippen molar-refractivity contribution in [2.24, 2.45) is 11.8 Å². The molecular formula is C18H28N2O. The number of hydrogen-bond acceptors (Lipinski definition) is 2. The Morgan fingerprint density at radius 1 is 1.24 bits per heavy atom. The average molecular weight is 288 g/mol. The van der Waals surface area contributed by atoms with E-state index in [-0.39, 0.29) is 11.8 Å². The van der Waals surface area contributed by atoms with Crippen molar-refractivity contribution in [1.82, 2.24) is 4.98 Å². The molecule has 1 aromatic heterocycles. The summed E-state index contributed by atoms with van der Waals surface area (Å²) in [6.45, 7) is 4.24. The largest absolute Gasteiger partial charge is 0.324 e. The lowest BCUT2D eigenvalue weighted by molar-refractivity contribution is -0.121. The Morgan fingerprint density at radius 3 is 2.67 bits per heavy atom. The van der Waals surface area contributed by atoms with Crippen molar-refractivity contribution in [2.45, 2.75) is 65.2 Å². The second-order valence-electron chi connectivity index (χ2n) is 6.45. The van der Waals surface area contributed by atoms with Crippen LogP contribution in [0.2, 0.25) is 0 Å². The quantitative estimate of drug-likeness (QED) is 0.770. The Hall–Kier alpha value is -1.38. The van der Waals surface area contributed by atoms with Gasteiger partial charge in [0.2, 0.25) is 5.91 Å². The van der Waals surface area contributed by atoms with Crippen LogP contribution in [0, 0.1) is 18.8 Å². The summed E-state index contributed by atoms with van der Waals surface area (Å²) in [4.78, 5) is 16.4. The van der Waals surface area contributed by atoms with E-state index in [1.807, 2.05) is 13.0 Å². The van der Waals surface area contributed by atoms with Crippen LogP contribution in [0.3, 0.4) is 0 Å². The van der Waals surface area contributed by atoms with Gasteiger partial charge in [-0.25, -0.2) is 0 Å². The SMILES string of the molecule is CCCCCC1CCC(C(=O)Nc2cncc(C)c2)CC1. The zero-order valence-corrected chi connectivity index (χ0v) is 13.4. The molecule has 0 aliphatic heterocycles. The molecule has 1 aliphatic rings. The van der Waals surface area contributed by atoms with Crippen molar-refractivity contribution in [3.63, 3.8) is 0 Å². The molecule has 1 aromatic rings. The highest BCUT2D eigenvalue weighted by atomic mass is 16.1. The number of unbranched alkanes of at least 4 members (excludes halogenated alkanes) is 2. The number of hydrogen-bond donors (Lipinski definition) is 1. The molecule has 21 heavy (non-hydrogen) atoms. The van der Waals surface area contributed by atoms with Gasteiger partial charge in [0.1, 0.15) is 0 Å². The second-order valence-corrected chi connectivity index (χ2v) is 6.45. The topological polar surface area (TPSA) is 42.0 Å². The first-order valence-electron chi connectivity index (χ1n) is 8.41. The minimum atomic E-state index is 0.175. The van der Waals surface area contributed by atoms with Crippen molar-refractivity contribution >= 4 is 11.6 Å². The summed E-state index contributed by atoms with van der Waals surface area (Å²) < 4.78 is 0. The van der Waals surface area contributed by atoms with Crippen molar-refractivity contribution in [3.05, 3.63) is 24.0 Å². The Labute approximate surface area is 128 Å². The standard InChI is InChI=1S/C18H28N2O/c1-3-4-5-6-15-7-9-16(10-8-15)18(21)20-17-11-14(2)12-19-13-17/h11-13,15-16H,3-10H2,1-2H3,(H,20,21). The smallest absolute Gasteiger partial charge is 0.227 e. The van der Waals surface area contributed by atoms with E-state index in [9.17, 15) is 4.79 Å². The highest BCUT2D eigenvalue weighted by Crippen LogP contribution is 2.32. The Bertz CT molecular complexity index is 450. The van der Waals surface area contributed by atoms with E-state index in [1.165, 1.54) is 38.5 Å². The minimum absolute atomic E-state index is 0.175. The van der Waals surface area contributed by atoms with Crippen LogP contribution in [0.25, 0.3) is 0 Å². The minimum Gasteiger partial charge on any atom is -0.324 e. The van der Waals surface area contributed by atoms with Crippen LogP contribution < -0.4 is 5.32 Å². The van der Waals surface area contributed by atoms with Gasteiger partial charge in [-0.05, 0) is 50.2 Å². The number of pyridine rings is 1. The molecule has 3 heteroatoms. The van der Waals surface area contributed by atoms with E-state index in [2.05, 4.69) is 17.2 Å². The number of rotatable bonds is 6. The summed E-state index contributed by atoms with van der Waals surface area (Å²) >= 11 is 0. The van der Waals surface area contributed by atoms with Gasteiger partial charge in [-0.1, -0.05) is 32.6 Å². The number of aryl methyl sites for hydroxylation is 1. The number of carbonyl (C=O) groups excluding carboxylic acids is 1. The molecule has 0 spiro atoms. The van der Waals surface area contributed by atoms with Gasteiger partial charge in [0.05, 0.1) is 11.9 Å². The lowest BCUT2D eigenvalue weighted by Crippen LogP contribution is -2.27. The van der Waals surface area contributed by atoms with Gasteiger partial charge in [0.25, 0.3) is 0 Å². The van der Waals surface area contributed by atoms with Gasteiger partial charge in [0, 0.05) is 12.1 Å². The second kappa shape index (κ2) is 8.16. The van der Waals surface area contributed by atoms with Crippen molar-refractivity contribution in [1.29, 1.82) is 0 Å². The summed E-state index contributed by atoms with van der Waals surface area (Å²) in [6.07, 6.45) is 13.4. The van der Waals surface area contributed by atoms with E-state index in [0.29, 0.717) is 0 Å². The van der Waals surface area contributed by atoms with Crippen LogP contribution in [-0.2, 0) is 4.79 Å². The third kappa shape index (κ3) is 5.14. The van der Waals surface area contributed by atoms with E-state index in [1.54, 1.807) is 12.4 Å². The van der Waals surface area contributed by atoms with E-state index >= 15 is 0 Å². The molecule has 0 unspecified atom stereocenters. The van der Waals surface area contributed by atoms with Crippen LogP contribution in [0.1, 0.15) is 63.9 Å². The normalized spacial score (nSPS) is 22.0. The molecule has 0 atom stereocenters. The molecule has 116 valence electrons. The third-order valence-electron chi connectivity index (χ3n) is 4.58. The number of amides is 1. The summed E-state index contributed by atoms with van der Waals surface area (Å²) in [6, 6.07) is 1.97. The van der Waals surface area contributed by atoms with Gasteiger partial charge in [-0.15, -0.1) is 0 Å². The average Bonchev–Trinajstić information content (AvgIpc) is 2.48. The molecule has 1 fully saturated rings. The Balaban J connectivity index is 1.75. The molecule has 0 aromatic carbocycles. The van der Waals surface area contributed by atoms with E-state index < -0.39 is 0 Å². The molecule has 1 saturated carbocycles. The van der Waals surface area contributed by atoms with Gasteiger partial charge in [-0.2, -0.15) is 0 Å². The molecule has 0 saturated heterocycles. The maximum Gasteiger partial charge on any atom is 0.227 e. The van der Waals surface area contributed by atoms with Crippen molar-refractivity contribution in [3.8, 4) is 0 Å². The number of nitrogens with one attached hydrogen (secondary N) is 1. The van der Waals surface area contributed by atoms with Gasteiger partial charge in [-0.3, -0.25) is 9.78 Å². The predicted molar refractivity (Wildman–Crippen MR) is 87.2 cm³/mol. The predicted octanol–water partition coefficient (Wildman–Crippen LogP) is 4.72. The molecule has 1 N–H and O–H groups in total. The molecule has 2 rings (SSSR count). The zero-order chi connectivity index (χ0) is 15.1. The summed E-state index contributed by atoms with van der Waals surface area (Å²) in [5, 5.41) is 3.02. The van der Waals surface area contributed by atoms with E-state index in [4.69, 9.17) is 0 Å².